The van der Waals surface area contributed by atoms with Crippen LogP contribution in [-0.2, 0) is 13.6 Å². The maximum Gasteiger partial charge on any atom is 0.254 e. The number of hydrogen-bond acceptors (Lipinski definition) is 4. The number of aromatic nitrogens is 3. The number of nitrogens with one attached hydrogen (secondary N) is 1. The lowest BCUT2D eigenvalue weighted by molar-refractivity contribution is 0.0946. The van der Waals surface area contributed by atoms with E-state index in [1.807, 2.05) is 48.0 Å². The van der Waals surface area contributed by atoms with Gasteiger partial charge >= 0.3 is 0 Å². The first kappa shape index (κ1) is 17.1. The Balaban J connectivity index is 1.48. The van der Waals surface area contributed by atoms with Crippen molar-refractivity contribution in [3.63, 3.8) is 0 Å². The van der Waals surface area contributed by atoms with Crippen LogP contribution in [0, 0.1) is 0 Å². The summed E-state index contributed by atoms with van der Waals surface area (Å²) in [6.07, 6.45) is 6.74. The minimum atomic E-state index is -0.0920. The van der Waals surface area contributed by atoms with E-state index in [0.29, 0.717) is 17.4 Å². The molecule has 1 aliphatic carbocycles. The number of carbonyl (C=O) groups is 1. The highest BCUT2D eigenvalue weighted by Crippen LogP contribution is 2.35. The van der Waals surface area contributed by atoms with Crippen molar-refractivity contribution in [2.75, 3.05) is 0 Å². The van der Waals surface area contributed by atoms with E-state index in [-0.39, 0.29) is 5.91 Å². The van der Waals surface area contributed by atoms with Crippen molar-refractivity contribution >= 4 is 28.7 Å². The summed E-state index contributed by atoms with van der Waals surface area (Å²) >= 11 is 1.74. The first-order valence-corrected chi connectivity index (χ1v) is 9.90. The summed E-state index contributed by atoms with van der Waals surface area (Å²) in [5.74, 6) is 0.749. The van der Waals surface area contributed by atoms with Crippen LogP contribution in [0.15, 0.2) is 47.6 Å². The summed E-state index contributed by atoms with van der Waals surface area (Å²) in [5, 5.41) is 4.42. The fourth-order valence-corrected chi connectivity index (χ4v) is 4.72. The Labute approximate surface area is 157 Å². The average molecular weight is 366 g/mol. The molecule has 1 fully saturated rings. The maximum absolute atomic E-state index is 12.7. The van der Waals surface area contributed by atoms with E-state index in [1.54, 1.807) is 18.0 Å². The minimum absolute atomic E-state index is 0.0920. The number of carbonyl (C=O) groups excluding carboxylic acids is 1. The molecule has 6 heteroatoms. The maximum atomic E-state index is 12.7. The Morgan fingerprint density at radius 2 is 2.04 bits per heavy atom. The van der Waals surface area contributed by atoms with Gasteiger partial charge in [-0.1, -0.05) is 25.0 Å². The molecule has 3 aromatic rings. The molecule has 1 amide bonds. The van der Waals surface area contributed by atoms with Gasteiger partial charge in [-0.25, -0.2) is 9.97 Å². The van der Waals surface area contributed by atoms with Crippen LogP contribution < -0.4 is 5.32 Å². The highest BCUT2D eigenvalue weighted by molar-refractivity contribution is 7.99. The first-order valence-electron chi connectivity index (χ1n) is 9.02. The van der Waals surface area contributed by atoms with Crippen LogP contribution in [0.2, 0.25) is 0 Å². The molecule has 0 radical (unpaired) electrons. The molecule has 134 valence electrons. The number of benzene rings is 1. The van der Waals surface area contributed by atoms with Crippen LogP contribution in [0.5, 0.6) is 0 Å². The molecule has 0 bridgehead atoms. The van der Waals surface area contributed by atoms with Gasteiger partial charge in [0.25, 0.3) is 5.91 Å². The summed E-state index contributed by atoms with van der Waals surface area (Å²) in [4.78, 5) is 21.8. The zero-order valence-corrected chi connectivity index (χ0v) is 15.6. The molecule has 0 saturated heterocycles. The van der Waals surface area contributed by atoms with Gasteiger partial charge in [0.2, 0.25) is 0 Å². The van der Waals surface area contributed by atoms with E-state index >= 15 is 0 Å². The second-order valence-electron chi connectivity index (χ2n) is 6.64. The average Bonchev–Trinajstić information content (AvgIpc) is 3.29. The van der Waals surface area contributed by atoms with E-state index in [0.717, 1.165) is 21.9 Å². The van der Waals surface area contributed by atoms with Gasteiger partial charge in [0.15, 0.2) is 0 Å². The number of nitrogens with zero attached hydrogens (tertiary/aromatic N) is 3. The number of aryl methyl sites for hydroxylation is 1. The van der Waals surface area contributed by atoms with Gasteiger partial charge in [0.1, 0.15) is 10.9 Å². The van der Waals surface area contributed by atoms with Gasteiger partial charge in [-0.15, -0.1) is 11.8 Å². The van der Waals surface area contributed by atoms with Crippen LogP contribution in [-0.4, -0.2) is 25.7 Å². The molecule has 26 heavy (non-hydrogen) atoms. The molecule has 2 heterocycles. The standard InChI is InChI=1S/C20H22N4OS/c1-24-17-11-5-4-10-16(17)23-18(24)13-22-19(25)15-9-6-12-21-20(15)26-14-7-2-3-8-14/h4-6,9-12,14H,2-3,7-8,13H2,1H3,(H,22,25). The second kappa shape index (κ2) is 7.50. The normalized spacial score (nSPS) is 14.8. The van der Waals surface area contributed by atoms with Crippen LogP contribution in [0.3, 0.4) is 0 Å². The fraction of sp³-hybridized carbons (Fsp3) is 0.350. The molecule has 1 aliphatic rings. The fourth-order valence-electron chi connectivity index (χ4n) is 3.43. The van der Waals surface area contributed by atoms with Crippen molar-refractivity contribution < 1.29 is 4.79 Å². The van der Waals surface area contributed by atoms with Crippen LogP contribution in [0.1, 0.15) is 41.9 Å². The van der Waals surface area contributed by atoms with Crippen LogP contribution in [0.4, 0.5) is 0 Å². The largest absolute Gasteiger partial charge is 0.345 e. The molecule has 2 aromatic heterocycles. The third-order valence-corrected chi connectivity index (χ3v) is 6.24. The van der Waals surface area contributed by atoms with Crippen molar-refractivity contribution in [2.24, 2.45) is 7.05 Å². The Kier molecular flexibility index (Phi) is 4.93. The summed E-state index contributed by atoms with van der Waals surface area (Å²) in [6.45, 7) is 0.395. The summed E-state index contributed by atoms with van der Waals surface area (Å²) in [6, 6.07) is 11.7. The molecule has 1 saturated carbocycles. The Bertz CT molecular complexity index is 930. The number of para-hydroxylation sites is 2. The van der Waals surface area contributed by atoms with Crippen LogP contribution >= 0.6 is 11.8 Å². The molecule has 0 aliphatic heterocycles. The van der Waals surface area contributed by atoms with Crippen molar-refractivity contribution in [1.29, 1.82) is 0 Å². The van der Waals surface area contributed by atoms with E-state index < -0.39 is 0 Å². The summed E-state index contributed by atoms with van der Waals surface area (Å²) < 4.78 is 2.02. The van der Waals surface area contributed by atoms with Gasteiger partial charge < -0.3 is 9.88 Å². The highest BCUT2D eigenvalue weighted by atomic mass is 32.2. The SMILES string of the molecule is Cn1c(CNC(=O)c2cccnc2SC2CCCC2)nc2ccccc21. The summed E-state index contributed by atoms with van der Waals surface area (Å²) in [5.41, 5.74) is 2.66. The van der Waals surface area contributed by atoms with Gasteiger partial charge in [-0.2, -0.15) is 0 Å². The zero-order valence-electron chi connectivity index (χ0n) is 14.8. The molecular formula is C20H22N4OS. The zero-order chi connectivity index (χ0) is 17.9. The van der Waals surface area contributed by atoms with Crippen molar-refractivity contribution in [2.45, 2.75) is 42.5 Å². The third kappa shape index (κ3) is 3.46. The third-order valence-electron chi connectivity index (χ3n) is 4.88. The smallest absolute Gasteiger partial charge is 0.254 e. The quantitative estimate of drug-likeness (QED) is 0.743. The van der Waals surface area contributed by atoms with Gasteiger partial charge in [-0.3, -0.25) is 4.79 Å². The lowest BCUT2D eigenvalue weighted by atomic mass is 10.2. The molecule has 5 nitrogen and oxygen atoms in total. The number of hydrogen-bond donors (Lipinski definition) is 1. The number of amides is 1. The Hall–Kier alpha value is -2.34. The molecule has 0 spiro atoms. The second-order valence-corrected chi connectivity index (χ2v) is 7.93. The van der Waals surface area contributed by atoms with Crippen molar-refractivity contribution in [3.8, 4) is 0 Å². The van der Waals surface area contributed by atoms with Gasteiger partial charge in [0.05, 0.1) is 23.1 Å². The monoisotopic (exact) mass is 366 g/mol. The van der Waals surface area contributed by atoms with E-state index in [9.17, 15) is 4.79 Å². The predicted molar refractivity (Wildman–Crippen MR) is 104 cm³/mol. The first-order chi connectivity index (χ1) is 12.7. The van der Waals surface area contributed by atoms with E-state index in [4.69, 9.17) is 0 Å². The molecule has 0 unspecified atom stereocenters. The number of fused-ring (bicyclic) bond motifs is 1. The van der Waals surface area contributed by atoms with Gasteiger partial charge in [0, 0.05) is 18.5 Å². The van der Waals surface area contributed by atoms with Crippen molar-refractivity contribution in [1.82, 2.24) is 19.9 Å². The van der Waals surface area contributed by atoms with Gasteiger partial charge in [-0.05, 0) is 37.1 Å². The molecular weight excluding hydrogens is 344 g/mol. The Morgan fingerprint density at radius 1 is 1.23 bits per heavy atom. The molecule has 4 rings (SSSR count). The highest BCUT2D eigenvalue weighted by Gasteiger charge is 2.21. The molecule has 1 aromatic carbocycles. The van der Waals surface area contributed by atoms with Crippen molar-refractivity contribution in [3.05, 3.63) is 54.0 Å². The van der Waals surface area contributed by atoms with E-state index in [2.05, 4.69) is 15.3 Å². The lowest BCUT2D eigenvalue weighted by Gasteiger charge is -2.12. The summed E-state index contributed by atoms with van der Waals surface area (Å²) in [7, 11) is 1.97. The Morgan fingerprint density at radius 3 is 2.85 bits per heavy atom. The number of rotatable bonds is 5. The topological polar surface area (TPSA) is 59.8 Å². The lowest BCUT2D eigenvalue weighted by Crippen LogP contribution is -2.25. The molecule has 0 atom stereocenters. The number of thioether (sulfide) groups is 1. The number of imidazole rings is 1. The van der Waals surface area contributed by atoms with E-state index in [1.165, 1.54) is 25.7 Å². The molecule has 1 N–H and O–H groups in total. The predicted octanol–water partition coefficient (Wildman–Crippen LogP) is 3.93. The number of pyridine rings is 1. The minimum Gasteiger partial charge on any atom is -0.345 e. The van der Waals surface area contributed by atoms with Crippen LogP contribution in [0.25, 0.3) is 11.0 Å².